The van der Waals surface area contributed by atoms with Gasteiger partial charge in [-0.2, -0.15) is 5.26 Å². The van der Waals surface area contributed by atoms with E-state index in [0.29, 0.717) is 0 Å². The van der Waals surface area contributed by atoms with Gasteiger partial charge in [0.15, 0.2) is 0 Å². The van der Waals surface area contributed by atoms with E-state index in [4.69, 9.17) is 5.26 Å². The lowest BCUT2D eigenvalue weighted by Gasteiger charge is -2.29. The molecule has 0 radical (unpaired) electrons. The monoisotopic (exact) mass is 177 g/mol. The van der Waals surface area contributed by atoms with Gasteiger partial charge in [0.1, 0.15) is 13.2 Å². The number of hydrogen-bond donors (Lipinski definition) is 0. The highest BCUT2D eigenvalue weighted by molar-refractivity contribution is 4.81. The third-order valence-electron chi connectivity index (χ3n) is 1.55. The fourth-order valence-electron chi connectivity index (χ4n) is 0.441. The number of ether oxygens (including phenoxy) is 1. The van der Waals surface area contributed by atoms with E-state index in [1.54, 1.807) is 6.07 Å². The Hall–Kier alpha value is -0.690. The van der Waals surface area contributed by atoms with E-state index in [1.807, 2.05) is 0 Å². The van der Waals surface area contributed by atoms with Gasteiger partial charge >= 0.3 is 0 Å². The molecule has 0 aromatic heterocycles. The third-order valence-corrected chi connectivity index (χ3v) is 1.55. The van der Waals surface area contributed by atoms with Crippen LogP contribution in [0, 0.1) is 16.7 Å². The number of nitrogens with zero attached hydrogens (tertiary/aromatic N) is 1. The van der Waals surface area contributed by atoms with Crippen molar-refractivity contribution in [3.05, 3.63) is 0 Å². The fraction of sp³-hybridized carbons (Fsp3) is 0.875. The average Bonchev–Trinajstić information content (AvgIpc) is 1.85. The highest BCUT2D eigenvalue weighted by Crippen LogP contribution is 2.35. The Kier molecular flexibility index (Phi) is 3.59. The van der Waals surface area contributed by atoms with Crippen LogP contribution in [0.15, 0.2) is 0 Å². The number of hydrogen-bond acceptors (Lipinski definition) is 2. The summed E-state index contributed by atoms with van der Waals surface area (Å²) in [5.74, 6) is -2.89. The normalized spacial score (nSPS) is 12.7. The minimum absolute atomic E-state index is 0.286. The smallest absolute Gasteiger partial charge is 0.275 e. The Morgan fingerprint density at radius 3 is 2.17 bits per heavy atom. The Labute approximate surface area is 71.1 Å². The van der Waals surface area contributed by atoms with Crippen molar-refractivity contribution in [3.8, 4) is 6.07 Å². The maximum atomic E-state index is 13.0. The van der Waals surface area contributed by atoms with Crippen molar-refractivity contribution in [2.45, 2.75) is 26.7 Å². The van der Waals surface area contributed by atoms with Crippen molar-refractivity contribution in [2.75, 3.05) is 13.2 Å². The third kappa shape index (κ3) is 3.14. The molecule has 0 unspecified atom stereocenters. The summed E-state index contributed by atoms with van der Waals surface area (Å²) >= 11 is 0. The first kappa shape index (κ1) is 11.3. The van der Waals surface area contributed by atoms with Gasteiger partial charge in [-0.05, 0) is 0 Å². The molecule has 0 aromatic rings. The summed E-state index contributed by atoms with van der Waals surface area (Å²) in [5.41, 5.74) is -1.12. The van der Waals surface area contributed by atoms with Gasteiger partial charge in [0.25, 0.3) is 5.92 Å². The summed E-state index contributed by atoms with van der Waals surface area (Å²) in [7, 11) is 0. The first-order valence-electron chi connectivity index (χ1n) is 3.64. The van der Waals surface area contributed by atoms with Gasteiger partial charge in [0.2, 0.25) is 0 Å². The van der Waals surface area contributed by atoms with E-state index in [0.717, 1.165) is 0 Å². The van der Waals surface area contributed by atoms with Crippen LogP contribution in [0.5, 0.6) is 0 Å². The van der Waals surface area contributed by atoms with Crippen LogP contribution in [-0.4, -0.2) is 19.1 Å². The van der Waals surface area contributed by atoms with Crippen molar-refractivity contribution in [2.24, 2.45) is 5.41 Å². The lowest BCUT2D eigenvalue weighted by Crippen LogP contribution is -2.38. The van der Waals surface area contributed by atoms with Crippen LogP contribution >= 0.6 is 0 Å². The van der Waals surface area contributed by atoms with Gasteiger partial charge in [-0.3, -0.25) is 0 Å². The number of halogens is 2. The van der Waals surface area contributed by atoms with Crippen LogP contribution < -0.4 is 0 Å². The fourth-order valence-corrected chi connectivity index (χ4v) is 0.441. The molecular formula is C8H13F2NO. The molecule has 0 atom stereocenters. The first-order chi connectivity index (χ1) is 5.31. The van der Waals surface area contributed by atoms with Gasteiger partial charge in [-0.1, -0.05) is 20.8 Å². The first-order valence-corrected chi connectivity index (χ1v) is 3.64. The maximum Gasteiger partial charge on any atom is 0.275 e. The highest BCUT2D eigenvalue weighted by atomic mass is 19.3. The zero-order chi connectivity index (χ0) is 9.83. The summed E-state index contributed by atoms with van der Waals surface area (Å²) in [6.45, 7) is 3.32. The van der Waals surface area contributed by atoms with Gasteiger partial charge in [-0.25, -0.2) is 8.78 Å². The van der Waals surface area contributed by atoms with Crippen molar-refractivity contribution in [3.63, 3.8) is 0 Å². The molecule has 0 bridgehead atoms. The van der Waals surface area contributed by atoms with Crippen molar-refractivity contribution < 1.29 is 13.5 Å². The van der Waals surface area contributed by atoms with Crippen LogP contribution in [-0.2, 0) is 4.74 Å². The van der Waals surface area contributed by atoms with Crippen LogP contribution in [0.4, 0.5) is 8.78 Å². The quantitative estimate of drug-likeness (QED) is 0.619. The summed E-state index contributed by atoms with van der Waals surface area (Å²) in [6, 6.07) is 1.64. The molecule has 0 fully saturated rings. The zero-order valence-electron chi connectivity index (χ0n) is 7.53. The molecule has 12 heavy (non-hydrogen) atoms. The predicted molar refractivity (Wildman–Crippen MR) is 40.8 cm³/mol. The molecule has 0 spiro atoms. The Morgan fingerprint density at radius 2 is 1.83 bits per heavy atom. The molecule has 0 amide bonds. The van der Waals surface area contributed by atoms with E-state index < -0.39 is 17.9 Å². The second-order valence-corrected chi connectivity index (χ2v) is 3.61. The highest BCUT2D eigenvalue weighted by Gasteiger charge is 2.43. The van der Waals surface area contributed by atoms with Crippen molar-refractivity contribution in [1.82, 2.24) is 0 Å². The summed E-state index contributed by atoms with van der Waals surface area (Å²) < 4.78 is 30.5. The molecule has 4 heteroatoms. The van der Waals surface area contributed by atoms with Gasteiger partial charge in [0.05, 0.1) is 6.07 Å². The summed E-state index contributed by atoms with van der Waals surface area (Å²) in [5, 5.41) is 8.05. The zero-order valence-corrected chi connectivity index (χ0v) is 7.53. The van der Waals surface area contributed by atoms with E-state index in [1.165, 1.54) is 20.8 Å². The van der Waals surface area contributed by atoms with Gasteiger partial charge in [-0.15, -0.1) is 0 Å². The number of nitriles is 1. The Bertz CT molecular complexity index is 178. The van der Waals surface area contributed by atoms with E-state index in [2.05, 4.69) is 4.74 Å². The molecule has 0 N–H and O–H groups in total. The second kappa shape index (κ2) is 3.81. The molecule has 70 valence electrons. The minimum atomic E-state index is -2.89. The molecule has 0 aliphatic heterocycles. The second-order valence-electron chi connectivity index (χ2n) is 3.61. The molecule has 2 nitrogen and oxygen atoms in total. The van der Waals surface area contributed by atoms with Crippen LogP contribution in [0.1, 0.15) is 20.8 Å². The minimum Gasteiger partial charge on any atom is -0.360 e. The topological polar surface area (TPSA) is 33.0 Å². The van der Waals surface area contributed by atoms with Crippen molar-refractivity contribution >= 4 is 0 Å². The van der Waals surface area contributed by atoms with Crippen molar-refractivity contribution in [1.29, 1.82) is 5.26 Å². The molecule has 0 heterocycles. The molecular weight excluding hydrogens is 164 g/mol. The van der Waals surface area contributed by atoms with E-state index >= 15 is 0 Å². The van der Waals surface area contributed by atoms with Crippen LogP contribution in [0.25, 0.3) is 0 Å². The Balaban J connectivity index is 3.98. The lowest BCUT2D eigenvalue weighted by molar-refractivity contribution is -0.142. The molecule has 0 aromatic carbocycles. The largest absolute Gasteiger partial charge is 0.360 e. The number of rotatable bonds is 3. The van der Waals surface area contributed by atoms with Crippen LogP contribution in [0.2, 0.25) is 0 Å². The van der Waals surface area contributed by atoms with Gasteiger partial charge in [0, 0.05) is 5.41 Å². The van der Waals surface area contributed by atoms with Gasteiger partial charge < -0.3 is 4.74 Å². The van der Waals surface area contributed by atoms with Crippen LogP contribution in [0.3, 0.4) is 0 Å². The molecule has 0 saturated carbocycles. The molecule has 0 rings (SSSR count). The molecule has 0 aliphatic rings. The Morgan fingerprint density at radius 1 is 1.33 bits per heavy atom. The predicted octanol–water partition coefficient (Wildman–Crippen LogP) is 2.21. The summed E-state index contributed by atoms with van der Waals surface area (Å²) in [4.78, 5) is 0. The number of alkyl halides is 2. The maximum absolute atomic E-state index is 13.0. The lowest BCUT2D eigenvalue weighted by atomic mass is 9.88. The standard InChI is InChI=1S/C8H13F2NO/c1-7(2,3)8(9,10)6-12-5-4-11/h5-6H2,1-3H3. The molecule has 0 saturated heterocycles. The average molecular weight is 177 g/mol. The van der Waals surface area contributed by atoms with E-state index in [-0.39, 0.29) is 6.61 Å². The molecule has 0 aliphatic carbocycles. The summed E-state index contributed by atoms with van der Waals surface area (Å²) in [6.07, 6.45) is 0. The SMILES string of the molecule is CC(C)(C)C(F)(F)COCC#N. The van der Waals surface area contributed by atoms with E-state index in [9.17, 15) is 8.78 Å².